The van der Waals surface area contributed by atoms with Crippen molar-refractivity contribution in [3.63, 3.8) is 0 Å². The summed E-state index contributed by atoms with van der Waals surface area (Å²) in [6.07, 6.45) is 5.86. The van der Waals surface area contributed by atoms with Crippen molar-refractivity contribution in [2.45, 2.75) is 51.6 Å². The summed E-state index contributed by atoms with van der Waals surface area (Å²) in [5.41, 5.74) is 0. The third-order valence-corrected chi connectivity index (χ3v) is 7.28. The van der Waals surface area contributed by atoms with E-state index < -0.39 is 0 Å². The second kappa shape index (κ2) is 6.07. The van der Waals surface area contributed by atoms with Gasteiger partial charge in [-0.2, -0.15) is 0 Å². The van der Waals surface area contributed by atoms with Gasteiger partial charge in [-0.1, -0.05) is 13.8 Å². The normalized spacial score (nSPS) is 42.0. The lowest BCUT2D eigenvalue weighted by atomic mass is 9.92. The predicted molar refractivity (Wildman–Crippen MR) is 92.0 cm³/mol. The zero-order valence-electron chi connectivity index (χ0n) is 14.9. The number of piperidine rings is 1. The van der Waals surface area contributed by atoms with Gasteiger partial charge in [-0.05, 0) is 62.9 Å². The molecule has 3 heteroatoms. The van der Waals surface area contributed by atoms with Crippen LogP contribution in [0.25, 0.3) is 0 Å². The van der Waals surface area contributed by atoms with Gasteiger partial charge in [0.15, 0.2) is 0 Å². The van der Waals surface area contributed by atoms with Crippen LogP contribution >= 0.6 is 0 Å². The molecule has 0 bridgehead atoms. The van der Waals surface area contributed by atoms with Gasteiger partial charge >= 0.3 is 0 Å². The standard InChI is InChI=1S/C19H35N3/c1-14(2)15-7-16-9-21(10-17(16)8-15)19-12-22(13-19)18-5-4-6-20(3)11-18/h14-19H,4-13H2,1-3H3. The first-order chi connectivity index (χ1) is 10.6. The molecule has 0 aromatic rings. The van der Waals surface area contributed by atoms with Crippen LogP contribution in [0.3, 0.4) is 0 Å². The maximum Gasteiger partial charge on any atom is 0.0350 e. The highest BCUT2D eigenvalue weighted by atomic mass is 15.3. The second-order valence-electron chi connectivity index (χ2n) is 9.12. The number of rotatable bonds is 3. The van der Waals surface area contributed by atoms with Crippen molar-refractivity contribution in [1.29, 1.82) is 0 Å². The molecule has 3 unspecified atom stereocenters. The zero-order chi connectivity index (χ0) is 15.3. The zero-order valence-corrected chi connectivity index (χ0v) is 14.9. The van der Waals surface area contributed by atoms with Crippen LogP contribution in [0.5, 0.6) is 0 Å². The number of hydrogen-bond donors (Lipinski definition) is 0. The Balaban J connectivity index is 1.24. The van der Waals surface area contributed by atoms with Crippen molar-refractivity contribution >= 4 is 0 Å². The molecular weight excluding hydrogens is 270 g/mol. The molecule has 0 N–H and O–H groups in total. The first-order valence-electron chi connectivity index (χ1n) is 9.76. The van der Waals surface area contributed by atoms with Crippen LogP contribution in [0.15, 0.2) is 0 Å². The number of hydrogen-bond acceptors (Lipinski definition) is 3. The van der Waals surface area contributed by atoms with Crippen LogP contribution in [0, 0.1) is 23.7 Å². The first kappa shape index (κ1) is 15.4. The maximum atomic E-state index is 2.86. The molecule has 1 saturated carbocycles. The van der Waals surface area contributed by atoms with E-state index in [1.807, 2.05) is 0 Å². The van der Waals surface area contributed by atoms with E-state index in [-0.39, 0.29) is 0 Å². The van der Waals surface area contributed by atoms with Crippen LogP contribution in [0.2, 0.25) is 0 Å². The van der Waals surface area contributed by atoms with Crippen molar-refractivity contribution in [3.8, 4) is 0 Å². The van der Waals surface area contributed by atoms with E-state index in [0.717, 1.165) is 35.8 Å². The quantitative estimate of drug-likeness (QED) is 0.793. The third-order valence-electron chi connectivity index (χ3n) is 7.28. The Hall–Kier alpha value is -0.120. The molecule has 22 heavy (non-hydrogen) atoms. The number of fused-ring (bicyclic) bond motifs is 1. The fourth-order valence-corrected chi connectivity index (χ4v) is 5.68. The summed E-state index contributed by atoms with van der Waals surface area (Å²) in [5, 5.41) is 0. The SMILES string of the molecule is CC(C)C1CC2CN(C3CN(C4CCCN(C)C4)C3)CC2C1. The van der Waals surface area contributed by atoms with Crippen LogP contribution in [0.4, 0.5) is 0 Å². The maximum absolute atomic E-state index is 2.86. The molecule has 3 saturated heterocycles. The second-order valence-corrected chi connectivity index (χ2v) is 9.12. The molecule has 3 atom stereocenters. The summed E-state index contributed by atoms with van der Waals surface area (Å²) < 4.78 is 0. The van der Waals surface area contributed by atoms with Crippen molar-refractivity contribution in [3.05, 3.63) is 0 Å². The lowest BCUT2D eigenvalue weighted by Gasteiger charge is -2.50. The predicted octanol–water partition coefficient (Wildman–Crippen LogP) is 2.38. The molecule has 0 radical (unpaired) electrons. The number of likely N-dealkylation sites (N-methyl/N-ethyl adjacent to an activating group) is 1. The summed E-state index contributed by atoms with van der Waals surface area (Å²) in [6, 6.07) is 1.73. The van der Waals surface area contributed by atoms with E-state index in [4.69, 9.17) is 0 Å². The largest absolute Gasteiger partial charge is 0.305 e. The van der Waals surface area contributed by atoms with E-state index >= 15 is 0 Å². The summed E-state index contributed by atoms with van der Waals surface area (Å²) in [5.74, 6) is 3.99. The highest BCUT2D eigenvalue weighted by Gasteiger charge is 2.46. The molecule has 3 heterocycles. The first-order valence-corrected chi connectivity index (χ1v) is 9.76. The lowest BCUT2D eigenvalue weighted by Crippen LogP contribution is -2.64. The molecule has 1 aliphatic carbocycles. The van der Waals surface area contributed by atoms with Crippen molar-refractivity contribution in [2.24, 2.45) is 23.7 Å². The molecular formula is C19H35N3. The van der Waals surface area contributed by atoms with E-state index in [2.05, 4.69) is 35.6 Å². The fourth-order valence-electron chi connectivity index (χ4n) is 5.68. The van der Waals surface area contributed by atoms with E-state index in [9.17, 15) is 0 Å². The molecule has 3 aliphatic heterocycles. The minimum Gasteiger partial charge on any atom is -0.305 e. The Bertz CT molecular complexity index is 376. The molecule has 126 valence electrons. The number of likely N-dealkylation sites (tertiary alicyclic amines) is 3. The van der Waals surface area contributed by atoms with Gasteiger partial charge in [-0.25, -0.2) is 0 Å². The molecule has 0 amide bonds. The molecule has 4 fully saturated rings. The fraction of sp³-hybridized carbons (Fsp3) is 1.00. The van der Waals surface area contributed by atoms with Gasteiger partial charge in [-0.3, -0.25) is 9.80 Å². The van der Waals surface area contributed by atoms with Crippen LogP contribution in [-0.2, 0) is 0 Å². The highest BCUT2D eigenvalue weighted by molar-refractivity contribution is 5.00. The Morgan fingerprint density at radius 3 is 2.05 bits per heavy atom. The van der Waals surface area contributed by atoms with Crippen LogP contribution in [-0.4, -0.2) is 73.1 Å². The third kappa shape index (κ3) is 2.85. The minimum atomic E-state index is 0.849. The summed E-state index contributed by atoms with van der Waals surface area (Å²) in [7, 11) is 2.29. The Kier molecular flexibility index (Phi) is 4.25. The summed E-state index contributed by atoms with van der Waals surface area (Å²) in [4.78, 5) is 8.15. The van der Waals surface area contributed by atoms with E-state index in [1.165, 1.54) is 65.0 Å². The Morgan fingerprint density at radius 2 is 1.45 bits per heavy atom. The van der Waals surface area contributed by atoms with E-state index in [0.29, 0.717) is 0 Å². The molecule has 4 aliphatic rings. The van der Waals surface area contributed by atoms with Gasteiger partial charge in [0.05, 0.1) is 0 Å². The number of nitrogens with zero attached hydrogens (tertiary/aromatic N) is 3. The lowest BCUT2D eigenvalue weighted by molar-refractivity contribution is -0.0102. The summed E-state index contributed by atoms with van der Waals surface area (Å²) in [6.45, 7) is 13.0. The minimum absolute atomic E-state index is 0.849. The van der Waals surface area contributed by atoms with Crippen LogP contribution < -0.4 is 0 Å². The van der Waals surface area contributed by atoms with Gasteiger partial charge < -0.3 is 4.90 Å². The van der Waals surface area contributed by atoms with Crippen molar-refractivity contribution in [1.82, 2.24) is 14.7 Å². The average Bonchev–Trinajstić information content (AvgIpc) is 2.95. The van der Waals surface area contributed by atoms with Crippen molar-refractivity contribution < 1.29 is 0 Å². The Labute approximate surface area is 137 Å². The van der Waals surface area contributed by atoms with Gasteiger partial charge in [0.2, 0.25) is 0 Å². The molecule has 0 aromatic carbocycles. The van der Waals surface area contributed by atoms with Gasteiger partial charge in [0, 0.05) is 44.8 Å². The summed E-state index contributed by atoms with van der Waals surface area (Å²) >= 11 is 0. The van der Waals surface area contributed by atoms with E-state index in [1.54, 1.807) is 0 Å². The smallest absolute Gasteiger partial charge is 0.0350 e. The van der Waals surface area contributed by atoms with Gasteiger partial charge in [0.25, 0.3) is 0 Å². The van der Waals surface area contributed by atoms with Gasteiger partial charge in [0.1, 0.15) is 0 Å². The van der Waals surface area contributed by atoms with Gasteiger partial charge in [-0.15, -0.1) is 0 Å². The van der Waals surface area contributed by atoms with Crippen molar-refractivity contribution in [2.75, 3.05) is 46.3 Å². The monoisotopic (exact) mass is 305 g/mol. The Morgan fingerprint density at radius 1 is 0.818 bits per heavy atom. The molecule has 0 aromatic heterocycles. The molecule has 3 nitrogen and oxygen atoms in total. The molecule has 4 rings (SSSR count). The van der Waals surface area contributed by atoms with Crippen LogP contribution in [0.1, 0.15) is 39.5 Å². The topological polar surface area (TPSA) is 9.72 Å². The molecule has 0 spiro atoms. The highest BCUT2D eigenvalue weighted by Crippen LogP contribution is 2.45. The average molecular weight is 306 g/mol.